The molecule has 0 unspecified atom stereocenters. The molecule has 2 aromatic carbocycles. The molecule has 134 valence electrons. The van der Waals surface area contributed by atoms with Crippen molar-refractivity contribution in [2.45, 2.75) is 39.3 Å². The monoisotopic (exact) mass is 342 g/mol. The van der Waals surface area contributed by atoms with Gasteiger partial charge in [0.25, 0.3) is 0 Å². The fraction of sp³-hybridized carbons (Fsp3) is 0.400. The summed E-state index contributed by atoms with van der Waals surface area (Å²) in [5, 5.41) is 4.92. The Balaban J connectivity index is 1.87. The number of carbonyl (C=O) groups excluding carboxylic acids is 2. The third-order valence-corrected chi connectivity index (χ3v) is 3.72. The number of carbonyl (C=O) groups is 2. The fourth-order valence-corrected chi connectivity index (χ4v) is 2.55. The quantitative estimate of drug-likeness (QED) is 0.901. The van der Waals surface area contributed by atoms with Gasteiger partial charge in [-0.2, -0.15) is 0 Å². The molecule has 1 N–H and O–H groups in total. The Kier molecular flexibility index (Phi) is 6.02. The molecular weight excluding hydrogens is 316 g/mol. The van der Waals surface area contributed by atoms with Crippen molar-refractivity contribution in [2.75, 3.05) is 13.6 Å². The van der Waals surface area contributed by atoms with Crippen molar-refractivity contribution in [3.05, 3.63) is 48.0 Å². The molecule has 0 saturated heterocycles. The summed E-state index contributed by atoms with van der Waals surface area (Å²) < 4.78 is 5.15. The third kappa shape index (κ3) is 5.78. The van der Waals surface area contributed by atoms with E-state index in [-0.39, 0.29) is 18.9 Å². The molecule has 0 spiro atoms. The average Bonchev–Trinajstić information content (AvgIpc) is 2.53. The van der Waals surface area contributed by atoms with Gasteiger partial charge in [-0.15, -0.1) is 0 Å². The molecule has 0 heterocycles. The van der Waals surface area contributed by atoms with Gasteiger partial charge in [0.05, 0.1) is 0 Å². The van der Waals surface area contributed by atoms with Gasteiger partial charge in [0.15, 0.2) is 0 Å². The number of hydrogen-bond donors (Lipinski definition) is 1. The number of benzene rings is 2. The maximum atomic E-state index is 12.3. The van der Waals surface area contributed by atoms with E-state index < -0.39 is 11.7 Å². The topological polar surface area (TPSA) is 58.6 Å². The molecule has 0 aliphatic rings. The first-order valence-electron chi connectivity index (χ1n) is 8.44. The van der Waals surface area contributed by atoms with E-state index in [0.29, 0.717) is 6.54 Å². The Morgan fingerprint density at radius 2 is 1.76 bits per heavy atom. The summed E-state index contributed by atoms with van der Waals surface area (Å²) in [5.74, 6) is -0.0241. The summed E-state index contributed by atoms with van der Waals surface area (Å²) in [6.07, 6.45) is -0.266. The maximum absolute atomic E-state index is 12.3. The van der Waals surface area contributed by atoms with Crippen LogP contribution < -0.4 is 5.32 Å². The molecule has 5 nitrogen and oxygen atoms in total. The minimum Gasteiger partial charge on any atom is -0.444 e. The molecule has 5 heteroatoms. The molecule has 2 aromatic rings. The van der Waals surface area contributed by atoms with Crippen LogP contribution >= 0.6 is 0 Å². The van der Waals surface area contributed by atoms with Crippen LogP contribution in [0.5, 0.6) is 0 Å². The van der Waals surface area contributed by atoms with E-state index in [0.717, 1.165) is 16.3 Å². The van der Waals surface area contributed by atoms with E-state index in [4.69, 9.17) is 4.74 Å². The number of nitrogens with one attached hydrogen (secondary N) is 1. The van der Waals surface area contributed by atoms with Gasteiger partial charge in [0, 0.05) is 26.6 Å². The van der Waals surface area contributed by atoms with Crippen molar-refractivity contribution in [3.63, 3.8) is 0 Å². The van der Waals surface area contributed by atoms with Crippen molar-refractivity contribution in [1.29, 1.82) is 0 Å². The highest BCUT2D eigenvalue weighted by Gasteiger charge is 2.16. The van der Waals surface area contributed by atoms with Gasteiger partial charge in [0.2, 0.25) is 5.91 Å². The highest BCUT2D eigenvalue weighted by molar-refractivity contribution is 5.86. The predicted octanol–water partition coefficient (Wildman–Crippen LogP) is 3.71. The van der Waals surface area contributed by atoms with Gasteiger partial charge < -0.3 is 15.0 Å². The first-order valence-corrected chi connectivity index (χ1v) is 8.44. The Hall–Kier alpha value is -2.56. The minimum absolute atomic E-state index is 0.0241. The summed E-state index contributed by atoms with van der Waals surface area (Å²) in [6, 6.07) is 14.2. The lowest BCUT2D eigenvalue weighted by atomic mass is 10.0. The molecule has 0 bridgehead atoms. The van der Waals surface area contributed by atoms with Crippen LogP contribution in [0, 0.1) is 0 Å². The molecule has 2 amide bonds. The normalized spacial score (nSPS) is 11.2. The first-order chi connectivity index (χ1) is 11.8. The summed E-state index contributed by atoms with van der Waals surface area (Å²) in [4.78, 5) is 25.6. The maximum Gasteiger partial charge on any atom is 0.407 e. The van der Waals surface area contributed by atoms with E-state index in [9.17, 15) is 9.59 Å². The second-order valence-electron chi connectivity index (χ2n) is 7.07. The third-order valence-electron chi connectivity index (χ3n) is 3.72. The van der Waals surface area contributed by atoms with E-state index in [1.807, 2.05) is 24.3 Å². The van der Waals surface area contributed by atoms with Crippen molar-refractivity contribution in [3.8, 4) is 0 Å². The molecule has 25 heavy (non-hydrogen) atoms. The second kappa shape index (κ2) is 8.01. The molecule has 0 saturated carbocycles. The van der Waals surface area contributed by atoms with Crippen molar-refractivity contribution in [1.82, 2.24) is 10.2 Å². The van der Waals surface area contributed by atoms with E-state index in [1.54, 1.807) is 32.7 Å². The van der Waals surface area contributed by atoms with Crippen LogP contribution in [0.3, 0.4) is 0 Å². The molecule has 2 rings (SSSR count). The summed E-state index contributed by atoms with van der Waals surface area (Å²) in [5.41, 5.74) is 0.563. The van der Waals surface area contributed by atoms with Crippen molar-refractivity contribution >= 4 is 22.8 Å². The number of nitrogens with zero attached hydrogens (tertiary/aromatic N) is 1. The molecule has 0 aliphatic heterocycles. The lowest BCUT2D eigenvalue weighted by Crippen LogP contribution is -2.35. The van der Waals surface area contributed by atoms with Crippen LogP contribution in [0.15, 0.2) is 42.5 Å². The molecule has 0 aliphatic carbocycles. The van der Waals surface area contributed by atoms with Gasteiger partial charge in [-0.05, 0) is 37.1 Å². The molecular formula is C20H26N2O3. The van der Waals surface area contributed by atoms with E-state index >= 15 is 0 Å². The number of hydrogen-bond acceptors (Lipinski definition) is 3. The number of fused-ring (bicyclic) bond motifs is 1. The van der Waals surface area contributed by atoms with Crippen LogP contribution in [0.4, 0.5) is 4.79 Å². The smallest absolute Gasteiger partial charge is 0.407 e. The minimum atomic E-state index is -0.542. The van der Waals surface area contributed by atoms with Crippen LogP contribution in [0.25, 0.3) is 10.8 Å². The lowest BCUT2D eigenvalue weighted by molar-refractivity contribution is -0.130. The predicted molar refractivity (Wildman–Crippen MR) is 99.3 cm³/mol. The summed E-state index contributed by atoms with van der Waals surface area (Å²) >= 11 is 0. The van der Waals surface area contributed by atoms with Crippen LogP contribution in [-0.4, -0.2) is 36.1 Å². The SMILES string of the molecule is CN(Cc1cccc2ccccc12)C(=O)CCNC(=O)OC(C)(C)C. The number of ether oxygens (including phenoxy) is 1. The van der Waals surface area contributed by atoms with E-state index in [2.05, 4.69) is 23.5 Å². The average molecular weight is 342 g/mol. The standard InChI is InChI=1S/C20H26N2O3/c1-20(2,3)25-19(24)21-13-12-18(23)22(4)14-16-10-7-9-15-8-5-6-11-17(15)16/h5-11H,12-14H2,1-4H3,(H,21,24). The number of rotatable bonds is 5. The Morgan fingerprint density at radius 1 is 1.08 bits per heavy atom. The Bertz CT molecular complexity index is 745. The van der Waals surface area contributed by atoms with Gasteiger partial charge in [-0.1, -0.05) is 42.5 Å². The first kappa shape index (κ1) is 18.8. The number of amides is 2. The highest BCUT2D eigenvalue weighted by Crippen LogP contribution is 2.19. The van der Waals surface area contributed by atoms with Gasteiger partial charge in [-0.25, -0.2) is 4.79 Å². The van der Waals surface area contributed by atoms with Crippen molar-refractivity contribution in [2.24, 2.45) is 0 Å². The Morgan fingerprint density at radius 3 is 2.48 bits per heavy atom. The fourth-order valence-electron chi connectivity index (χ4n) is 2.55. The highest BCUT2D eigenvalue weighted by atomic mass is 16.6. The molecule has 0 fully saturated rings. The second-order valence-corrected chi connectivity index (χ2v) is 7.07. The Labute approximate surface area is 149 Å². The molecule has 0 aromatic heterocycles. The van der Waals surface area contributed by atoms with Gasteiger partial charge in [0.1, 0.15) is 5.60 Å². The zero-order valence-corrected chi connectivity index (χ0v) is 15.3. The van der Waals surface area contributed by atoms with Crippen LogP contribution in [0.1, 0.15) is 32.8 Å². The summed E-state index contributed by atoms with van der Waals surface area (Å²) in [7, 11) is 1.78. The van der Waals surface area contributed by atoms with Gasteiger partial charge in [-0.3, -0.25) is 4.79 Å². The van der Waals surface area contributed by atoms with E-state index in [1.165, 1.54) is 0 Å². The summed E-state index contributed by atoms with van der Waals surface area (Å²) in [6.45, 7) is 6.20. The molecule has 0 atom stereocenters. The zero-order chi connectivity index (χ0) is 18.4. The number of alkyl carbamates (subject to hydrolysis) is 1. The van der Waals surface area contributed by atoms with Crippen LogP contribution in [-0.2, 0) is 16.1 Å². The van der Waals surface area contributed by atoms with Gasteiger partial charge >= 0.3 is 6.09 Å². The largest absolute Gasteiger partial charge is 0.444 e. The van der Waals surface area contributed by atoms with Crippen LogP contribution in [0.2, 0.25) is 0 Å². The van der Waals surface area contributed by atoms with Crippen molar-refractivity contribution < 1.29 is 14.3 Å². The lowest BCUT2D eigenvalue weighted by Gasteiger charge is -2.21. The molecule has 0 radical (unpaired) electrons. The zero-order valence-electron chi connectivity index (χ0n) is 15.3.